The molecule has 5 N–H and O–H groups in total. The van der Waals surface area contributed by atoms with E-state index in [1.807, 2.05) is 13.8 Å². The second-order valence-electron chi connectivity index (χ2n) is 8.25. The average Bonchev–Trinajstić information content (AvgIpc) is 2.69. The molecule has 1 saturated carbocycles. The van der Waals surface area contributed by atoms with E-state index in [1.165, 1.54) is 12.1 Å². The molecule has 1 aliphatic rings. The number of nitrogens with one attached hydrogen (secondary N) is 2. The van der Waals surface area contributed by atoms with Gasteiger partial charge in [-0.1, -0.05) is 19.9 Å². The Morgan fingerprint density at radius 3 is 2.42 bits per heavy atom. The van der Waals surface area contributed by atoms with Gasteiger partial charge in [-0.3, -0.25) is 4.79 Å². The largest absolute Gasteiger partial charge is 0.393 e. The van der Waals surface area contributed by atoms with E-state index in [0.717, 1.165) is 19.1 Å². The van der Waals surface area contributed by atoms with Crippen LogP contribution in [0.3, 0.4) is 0 Å². The second-order valence-corrected chi connectivity index (χ2v) is 10.3. The van der Waals surface area contributed by atoms with Gasteiger partial charge in [0.15, 0.2) is 27.2 Å². The van der Waals surface area contributed by atoms with Gasteiger partial charge in [0, 0.05) is 18.0 Å². The molecular weight excluding hydrogens is 418 g/mol. The second kappa shape index (κ2) is 9.19. The summed E-state index contributed by atoms with van der Waals surface area (Å²) in [6, 6.07) is 6.37. The smallest absolute Gasteiger partial charge is 0.271 e. The Morgan fingerprint density at radius 2 is 1.84 bits per heavy atom. The molecule has 9 nitrogen and oxygen atoms in total. The molecule has 0 bridgehead atoms. The molecule has 1 amide bonds. The first-order valence-corrected chi connectivity index (χ1v) is 12.2. The van der Waals surface area contributed by atoms with E-state index >= 15 is 0 Å². The molecular formula is C21H29N5O4S. The fourth-order valence-electron chi connectivity index (χ4n) is 3.57. The summed E-state index contributed by atoms with van der Waals surface area (Å²) in [5, 5.41) is 16.2. The van der Waals surface area contributed by atoms with Gasteiger partial charge in [-0.05, 0) is 49.8 Å². The zero-order valence-corrected chi connectivity index (χ0v) is 18.7. The van der Waals surface area contributed by atoms with Gasteiger partial charge in [-0.25, -0.2) is 18.4 Å². The van der Waals surface area contributed by atoms with Crippen LogP contribution in [0.2, 0.25) is 0 Å². The van der Waals surface area contributed by atoms with Gasteiger partial charge in [-0.15, -0.1) is 0 Å². The molecule has 0 unspecified atom stereocenters. The molecule has 0 atom stereocenters. The highest BCUT2D eigenvalue weighted by molar-refractivity contribution is 7.90. The fourth-order valence-corrected chi connectivity index (χ4v) is 4.24. The van der Waals surface area contributed by atoms with Gasteiger partial charge >= 0.3 is 0 Å². The number of nitrogens with two attached hydrogens (primary N) is 1. The minimum absolute atomic E-state index is 0.00936. The first-order chi connectivity index (χ1) is 14.5. The average molecular weight is 448 g/mol. The third-order valence-corrected chi connectivity index (χ3v) is 6.38. The van der Waals surface area contributed by atoms with Crippen molar-refractivity contribution in [3.63, 3.8) is 0 Å². The molecule has 31 heavy (non-hydrogen) atoms. The van der Waals surface area contributed by atoms with E-state index in [4.69, 9.17) is 5.73 Å². The van der Waals surface area contributed by atoms with Crippen molar-refractivity contribution in [2.24, 2.45) is 5.73 Å². The molecule has 2 aromatic rings. The number of aromatic nitrogens is 2. The normalized spacial score (nSPS) is 19.3. The van der Waals surface area contributed by atoms with Gasteiger partial charge < -0.3 is 21.5 Å². The lowest BCUT2D eigenvalue weighted by Gasteiger charge is -2.28. The zero-order chi connectivity index (χ0) is 22.8. The summed E-state index contributed by atoms with van der Waals surface area (Å²) in [6.07, 6.45) is 3.89. The maximum absolute atomic E-state index is 12.1. The minimum atomic E-state index is -3.39. The number of nitrogens with zero attached hydrogens (tertiary/aromatic N) is 2. The van der Waals surface area contributed by atoms with Gasteiger partial charge in [0.25, 0.3) is 5.91 Å². The lowest BCUT2D eigenvalue weighted by atomic mass is 9.93. The van der Waals surface area contributed by atoms with Crippen molar-refractivity contribution in [1.82, 2.24) is 9.97 Å². The highest BCUT2D eigenvalue weighted by Crippen LogP contribution is 2.29. The van der Waals surface area contributed by atoms with Gasteiger partial charge in [0.1, 0.15) is 0 Å². The Kier molecular flexibility index (Phi) is 6.80. The number of carbonyl (C=O) groups excluding carboxylic acids is 1. The highest BCUT2D eigenvalue weighted by atomic mass is 32.2. The van der Waals surface area contributed by atoms with Crippen molar-refractivity contribution in [1.29, 1.82) is 0 Å². The van der Waals surface area contributed by atoms with Gasteiger partial charge in [0.2, 0.25) is 0 Å². The lowest BCUT2D eigenvalue weighted by Crippen LogP contribution is -2.30. The summed E-state index contributed by atoms with van der Waals surface area (Å²) >= 11 is 0. The third-order valence-electron chi connectivity index (χ3n) is 5.27. The Hall–Kier alpha value is -2.72. The molecule has 1 heterocycles. The van der Waals surface area contributed by atoms with Crippen LogP contribution in [-0.2, 0) is 9.84 Å². The van der Waals surface area contributed by atoms with E-state index in [2.05, 4.69) is 20.6 Å². The predicted octanol–water partition coefficient (Wildman–Crippen LogP) is 2.56. The Balaban J connectivity index is 1.99. The number of aliphatic hydroxyl groups excluding tert-OH is 1. The van der Waals surface area contributed by atoms with Crippen molar-refractivity contribution in [2.45, 2.75) is 62.5 Å². The number of amides is 1. The molecule has 168 valence electrons. The van der Waals surface area contributed by atoms with Crippen LogP contribution in [0.15, 0.2) is 29.2 Å². The zero-order valence-electron chi connectivity index (χ0n) is 17.9. The number of primary amides is 1. The molecule has 1 aromatic carbocycles. The van der Waals surface area contributed by atoms with Crippen LogP contribution >= 0.6 is 0 Å². The first-order valence-electron chi connectivity index (χ1n) is 10.3. The van der Waals surface area contributed by atoms with Crippen molar-refractivity contribution < 1.29 is 18.3 Å². The lowest BCUT2D eigenvalue weighted by molar-refractivity contribution is 0.0995. The number of benzene rings is 1. The van der Waals surface area contributed by atoms with Crippen LogP contribution in [0.5, 0.6) is 0 Å². The van der Waals surface area contributed by atoms with Gasteiger partial charge in [-0.2, -0.15) is 0 Å². The summed E-state index contributed by atoms with van der Waals surface area (Å²) < 4.78 is 23.7. The van der Waals surface area contributed by atoms with E-state index in [-0.39, 0.29) is 34.5 Å². The monoisotopic (exact) mass is 447 g/mol. The first kappa shape index (κ1) is 23.0. The number of rotatable bonds is 7. The third kappa shape index (κ3) is 5.71. The van der Waals surface area contributed by atoms with Crippen LogP contribution < -0.4 is 16.4 Å². The predicted molar refractivity (Wildman–Crippen MR) is 119 cm³/mol. The van der Waals surface area contributed by atoms with E-state index in [0.29, 0.717) is 30.0 Å². The molecule has 1 fully saturated rings. The highest BCUT2D eigenvalue weighted by Gasteiger charge is 2.24. The van der Waals surface area contributed by atoms with Gasteiger partial charge in [0.05, 0.1) is 16.7 Å². The molecule has 3 rings (SSSR count). The van der Waals surface area contributed by atoms with Crippen LogP contribution in [0.1, 0.15) is 61.6 Å². The number of carbonyl (C=O) groups is 1. The SMILES string of the molecule is CC(C)c1nc(C(N)=O)c(Nc2cccc(S(C)(=O)=O)c2)nc1N[C@H]1CC[C@H](O)CC1. The Labute approximate surface area is 182 Å². The maximum Gasteiger partial charge on any atom is 0.271 e. The Morgan fingerprint density at radius 1 is 1.16 bits per heavy atom. The summed E-state index contributed by atoms with van der Waals surface area (Å²) in [7, 11) is -3.39. The van der Waals surface area contributed by atoms with Crippen LogP contribution in [0.4, 0.5) is 17.3 Å². The summed E-state index contributed by atoms with van der Waals surface area (Å²) in [6.45, 7) is 3.90. The van der Waals surface area contributed by atoms with Crippen LogP contribution in [0.25, 0.3) is 0 Å². The number of hydrogen-bond acceptors (Lipinski definition) is 8. The topological polar surface area (TPSA) is 147 Å². The van der Waals surface area contributed by atoms with Crippen molar-refractivity contribution in [3.05, 3.63) is 35.7 Å². The number of hydrogen-bond donors (Lipinski definition) is 4. The van der Waals surface area contributed by atoms with E-state index < -0.39 is 15.7 Å². The molecule has 1 aromatic heterocycles. The van der Waals surface area contributed by atoms with E-state index in [1.54, 1.807) is 12.1 Å². The van der Waals surface area contributed by atoms with Crippen molar-refractivity contribution >= 4 is 33.1 Å². The molecule has 0 aliphatic heterocycles. The summed E-state index contributed by atoms with van der Waals surface area (Å²) in [5.41, 5.74) is 6.61. The fraction of sp³-hybridized carbons (Fsp3) is 0.476. The molecule has 1 aliphatic carbocycles. The molecule has 0 saturated heterocycles. The van der Waals surface area contributed by atoms with Crippen molar-refractivity contribution in [2.75, 3.05) is 16.9 Å². The molecule has 0 spiro atoms. The maximum atomic E-state index is 12.1. The number of sulfone groups is 1. The standard InChI is InChI=1S/C21H29N5O4S/c1-12(2)17-20(23-13-7-9-15(27)10-8-13)26-21(18(25-17)19(22)28)24-14-5-4-6-16(11-14)31(3,29)30/h4-6,11-13,15,27H,7-10H2,1-3H3,(H2,22,28)(H2,23,24,26)/t13-,15-. The van der Waals surface area contributed by atoms with Crippen LogP contribution in [0, 0.1) is 0 Å². The molecule has 10 heteroatoms. The molecule has 0 radical (unpaired) electrons. The number of anilines is 3. The Bertz CT molecular complexity index is 1060. The van der Waals surface area contributed by atoms with Crippen molar-refractivity contribution in [3.8, 4) is 0 Å². The summed E-state index contributed by atoms with van der Waals surface area (Å²) in [4.78, 5) is 21.3. The minimum Gasteiger partial charge on any atom is -0.393 e. The van der Waals surface area contributed by atoms with Crippen LogP contribution in [-0.4, -0.2) is 47.8 Å². The number of aliphatic hydroxyl groups is 1. The summed E-state index contributed by atoms with van der Waals surface area (Å²) in [5.74, 6) is -0.0440. The van der Waals surface area contributed by atoms with E-state index in [9.17, 15) is 18.3 Å². The quantitative estimate of drug-likeness (QED) is 0.506.